The van der Waals surface area contributed by atoms with Crippen molar-refractivity contribution < 1.29 is 4.79 Å². The van der Waals surface area contributed by atoms with Crippen molar-refractivity contribution in [3.05, 3.63) is 69.5 Å². The van der Waals surface area contributed by atoms with Crippen molar-refractivity contribution in [2.75, 3.05) is 12.3 Å². The third-order valence-electron chi connectivity index (χ3n) is 4.34. The van der Waals surface area contributed by atoms with E-state index in [-0.39, 0.29) is 18.0 Å². The number of benzene rings is 1. The predicted molar refractivity (Wildman–Crippen MR) is 118 cm³/mol. The number of nitrogens with zero attached hydrogens (tertiary/aromatic N) is 3. The molecule has 0 spiro atoms. The smallest absolute Gasteiger partial charge is 0.258 e. The van der Waals surface area contributed by atoms with E-state index >= 15 is 0 Å². The minimum Gasteiger partial charge on any atom is -0.335 e. The second kappa shape index (κ2) is 10.4. The highest BCUT2D eigenvalue weighted by molar-refractivity contribution is 7.98. The highest BCUT2D eigenvalue weighted by Crippen LogP contribution is 2.16. The Hall–Kier alpha value is -2.38. The van der Waals surface area contributed by atoms with Crippen LogP contribution in [-0.2, 0) is 17.1 Å². The van der Waals surface area contributed by atoms with Gasteiger partial charge in [0, 0.05) is 35.7 Å². The van der Waals surface area contributed by atoms with Gasteiger partial charge in [0.1, 0.15) is 5.82 Å². The van der Waals surface area contributed by atoms with Gasteiger partial charge in [-0.1, -0.05) is 24.6 Å². The largest absolute Gasteiger partial charge is 0.335 e. The minimum absolute atomic E-state index is 0.0502. The van der Waals surface area contributed by atoms with Gasteiger partial charge in [-0.25, -0.2) is 4.98 Å². The van der Waals surface area contributed by atoms with Gasteiger partial charge >= 0.3 is 0 Å². The number of hydrogen-bond acceptors (Lipinski definition) is 5. The molecule has 0 unspecified atom stereocenters. The van der Waals surface area contributed by atoms with E-state index in [2.05, 4.69) is 15.0 Å². The Kier molecular flexibility index (Phi) is 7.66. The second-order valence-electron chi connectivity index (χ2n) is 6.61. The summed E-state index contributed by atoms with van der Waals surface area (Å²) in [5.41, 5.74) is 1.31. The molecule has 0 aliphatic heterocycles. The summed E-state index contributed by atoms with van der Waals surface area (Å²) in [5.74, 6) is 2.01. The third-order valence-corrected chi connectivity index (χ3v) is 5.57. The average Bonchev–Trinajstić information content (AvgIpc) is 2.71. The SMILES string of the molecule is CCCN(Cc1nc2cc(Cl)ccc2c(=O)[nH]1)C(=O)CCSCc1ccccn1. The van der Waals surface area contributed by atoms with E-state index in [9.17, 15) is 9.59 Å². The number of H-pyrrole nitrogens is 1. The lowest BCUT2D eigenvalue weighted by atomic mass is 10.2. The molecular weight excluding hydrogens is 408 g/mol. The van der Waals surface area contributed by atoms with Gasteiger partial charge in [0.15, 0.2) is 0 Å². The maximum atomic E-state index is 12.7. The quantitative estimate of drug-likeness (QED) is 0.518. The van der Waals surface area contributed by atoms with E-state index < -0.39 is 0 Å². The Morgan fingerprint density at radius 3 is 2.90 bits per heavy atom. The molecule has 0 bridgehead atoms. The van der Waals surface area contributed by atoms with E-state index in [1.165, 1.54) is 0 Å². The van der Waals surface area contributed by atoms with Crippen LogP contribution < -0.4 is 5.56 Å². The van der Waals surface area contributed by atoms with Crippen molar-refractivity contribution in [2.24, 2.45) is 0 Å². The molecule has 0 saturated carbocycles. The number of nitrogens with one attached hydrogen (secondary N) is 1. The number of pyridine rings is 1. The summed E-state index contributed by atoms with van der Waals surface area (Å²) in [7, 11) is 0. The van der Waals surface area contributed by atoms with Crippen molar-refractivity contribution in [2.45, 2.75) is 32.1 Å². The Labute approximate surface area is 178 Å². The zero-order valence-corrected chi connectivity index (χ0v) is 17.8. The summed E-state index contributed by atoms with van der Waals surface area (Å²) in [6.45, 7) is 2.91. The van der Waals surface area contributed by atoms with Crippen LogP contribution in [-0.4, -0.2) is 38.1 Å². The molecule has 1 amide bonds. The normalized spacial score (nSPS) is 11.0. The highest BCUT2D eigenvalue weighted by atomic mass is 35.5. The van der Waals surface area contributed by atoms with Crippen molar-refractivity contribution >= 4 is 40.2 Å². The summed E-state index contributed by atoms with van der Waals surface area (Å²) in [6.07, 6.45) is 3.03. The molecule has 29 heavy (non-hydrogen) atoms. The summed E-state index contributed by atoms with van der Waals surface area (Å²) in [5, 5.41) is 1.01. The second-order valence-corrected chi connectivity index (χ2v) is 8.15. The van der Waals surface area contributed by atoms with Crippen LogP contribution in [0.25, 0.3) is 10.9 Å². The number of carbonyl (C=O) groups excluding carboxylic acids is 1. The standard InChI is InChI=1S/C21H23ClN4O2S/c1-2-10-26(20(27)8-11-29-14-16-5-3-4-9-23-16)13-19-24-18-12-15(22)6-7-17(18)21(28)25-19/h3-7,9,12H,2,8,10-11,13-14H2,1H3,(H,24,25,28). The summed E-state index contributed by atoms with van der Waals surface area (Å²) < 4.78 is 0. The molecule has 8 heteroatoms. The van der Waals surface area contributed by atoms with Gasteiger partial charge in [-0.2, -0.15) is 11.8 Å². The molecule has 2 heterocycles. The van der Waals surface area contributed by atoms with Crippen molar-refractivity contribution in [1.82, 2.24) is 19.9 Å². The predicted octanol–water partition coefficient (Wildman–Crippen LogP) is 4.03. The lowest BCUT2D eigenvalue weighted by Crippen LogP contribution is -2.33. The molecule has 0 saturated heterocycles. The van der Waals surface area contributed by atoms with Crippen molar-refractivity contribution in [3.8, 4) is 0 Å². The van der Waals surface area contributed by atoms with Gasteiger partial charge in [0.05, 0.1) is 23.1 Å². The average molecular weight is 431 g/mol. The van der Waals surface area contributed by atoms with Gasteiger partial charge < -0.3 is 9.88 Å². The van der Waals surface area contributed by atoms with E-state index in [1.807, 2.05) is 25.1 Å². The zero-order chi connectivity index (χ0) is 20.6. The van der Waals surface area contributed by atoms with Crippen LogP contribution >= 0.6 is 23.4 Å². The first-order valence-corrected chi connectivity index (χ1v) is 11.0. The highest BCUT2D eigenvalue weighted by Gasteiger charge is 2.15. The first-order chi connectivity index (χ1) is 14.1. The Morgan fingerprint density at radius 2 is 2.14 bits per heavy atom. The number of halogens is 1. The summed E-state index contributed by atoms with van der Waals surface area (Å²) in [4.78, 5) is 38.3. The first kappa shape index (κ1) is 21.3. The number of rotatable bonds is 9. The van der Waals surface area contributed by atoms with Crippen LogP contribution in [0.3, 0.4) is 0 Å². The van der Waals surface area contributed by atoms with Crippen molar-refractivity contribution in [1.29, 1.82) is 0 Å². The fraction of sp³-hybridized carbons (Fsp3) is 0.333. The zero-order valence-electron chi connectivity index (χ0n) is 16.2. The van der Waals surface area contributed by atoms with Crippen LogP contribution in [0.15, 0.2) is 47.4 Å². The van der Waals surface area contributed by atoms with E-state index in [0.717, 1.165) is 17.9 Å². The Bertz CT molecular complexity index is 1030. The number of carbonyl (C=O) groups is 1. The third kappa shape index (κ3) is 6.05. The van der Waals surface area contributed by atoms with Gasteiger partial charge in [0.25, 0.3) is 5.56 Å². The number of aromatic nitrogens is 3. The van der Waals surface area contributed by atoms with Gasteiger partial charge in [0.2, 0.25) is 5.91 Å². The summed E-state index contributed by atoms with van der Waals surface area (Å²) >= 11 is 7.71. The van der Waals surface area contributed by atoms with Crippen LogP contribution in [0.4, 0.5) is 0 Å². The molecular formula is C21H23ClN4O2S. The summed E-state index contributed by atoms with van der Waals surface area (Å²) in [6, 6.07) is 10.8. The molecule has 1 N–H and O–H groups in total. The maximum absolute atomic E-state index is 12.7. The van der Waals surface area contributed by atoms with Gasteiger partial charge in [-0.15, -0.1) is 0 Å². The fourth-order valence-corrected chi connectivity index (χ4v) is 3.97. The molecule has 3 aromatic rings. The molecule has 2 aromatic heterocycles. The van der Waals surface area contributed by atoms with Gasteiger partial charge in [-0.05, 0) is 36.8 Å². The number of thioether (sulfide) groups is 1. The van der Waals surface area contributed by atoms with Crippen LogP contribution in [0.1, 0.15) is 31.3 Å². The molecule has 0 radical (unpaired) electrons. The van der Waals surface area contributed by atoms with Crippen molar-refractivity contribution in [3.63, 3.8) is 0 Å². The molecule has 6 nitrogen and oxygen atoms in total. The van der Waals surface area contributed by atoms with Crippen LogP contribution in [0, 0.1) is 0 Å². The molecule has 0 fully saturated rings. The van der Waals surface area contributed by atoms with Gasteiger partial charge in [-0.3, -0.25) is 14.6 Å². The lowest BCUT2D eigenvalue weighted by molar-refractivity contribution is -0.131. The monoisotopic (exact) mass is 430 g/mol. The molecule has 3 rings (SSSR count). The minimum atomic E-state index is -0.225. The Morgan fingerprint density at radius 1 is 1.28 bits per heavy atom. The van der Waals surface area contributed by atoms with Crippen LogP contribution in [0.5, 0.6) is 0 Å². The fourth-order valence-electron chi connectivity index (χ4n) is 2.96. The van der Waals surface area contributed by atoms with Crippen LogP contribution in [0.2, 0.25) is 5.02 Å². The van der Waals surface area contributed by atoms with E-state index in [1.54, 1.807) is 41.1 Å². The first-order valence-electron chi connectivity index (χ1n) is 9.50. The number of amides is 1. The topological polar surface area (TPSA) is 79.0 Å². The molecule has 0 aliphatic carbocycles. The van der Waals surface area contributed by atoms with E-state index in [4.69, 9.17) is 11.6 Å². The Balaban J connectivity index is 1.62. The number of aromatic amines is 1. The molecule has 1 aromatic carbocycles. The molecule has 0 aliphatic rings. The number of hydrogen-bond donors (Lipinski definition) is 1. The lowest BCUT2D eigenvalue weighted by Gasteiger charge is -2.21. The molecule has 152 valence electrons. The van der Waals surface area contributed by atoms with E-state index in [0.29, 0.717) is 40.5 Å². The maximum Gasteiger partial charge on any atom is 0.258 e. The molecule has 0 atom stereocenters. The number of fused-ring (bicyclic) bond motifs is 1.